The van der Waals surface area contributed by atoms with Crippen molar-refractivity contribution in [3.05, 3.63) is 0 Å². The highest BCUT2D eigenvalue weighted by Crippen LogP contribution is 2.57. The summed E-state index contributed by atoms with van der Waals surface area (Å²) >= 11 is 3.32. The van der Waals surface area contributed by atoms with Gasteiger partial charge in [-0.05, 0) is 26.0 Å². The summed E-state index contributed by atoms with van der Waals surface area (Å²) in [6.07, 6.45) is 3.87. The fourth-order valence-corrected chi connectivity index (χ4v) is 6.92. The lowest BCUT2D eigenvalue weighted by molar-refractivity contribution is 0.255. The van der Waals surface area contributed by atoms with E-state index in [4.69, 9.17) is 4.52 Å². The van der Waals surface area contributed by atoms with Crippen LogP contribution in [0, 0.1) is 0 Å². The molecule has 5 heteroatoms. The van der Waals surface area contributed by atoms with E-state index < -0.39 is 6.57 Å². The zero-order chi connectivity index (χ0) is 11.7. The Bertz CT molecular complexity index is 198. The molecule has 0 fully saturated rings. The minimum Gasteiger partial charge on any atom is -0.318 e. The molecule has 0 saturated heterocycles. The van der Waals surface area contributed by atoms with Gasteiger partial charge >= 0.3 is 0 Å². The van der Waals surface area contributed by atoms with Crippen molar-refractivity contribution in [2.24, 2.45) is 0 Å². The Labute approximate surface area is 103 Å². The number of rotatable bonds is 9. The standard InChI is InChI=1S/C10H23O2PS2/c1-5-6-7-8-14-9-15-13(4,11)12-10(2)3/h10H,5-9H2,1-4H3. The van der Waals surface area contributed by atoms with Crippen LogP contribution in [0.15, 0.2) is 0 Å². The van der Waals surface area contributed by atoms with Crippen molar-refractivity contribution >= 4 is 29.7 Å². The summed E-state index contributed by atoms with van der Waals surface area (Å²) in [7, 11) is 0. The average Bonchev–Trinajstić information content (AvgIpc) is 2.08. The third kappa shape index (κ3) is 11.2. The first-order valence-electron chi connectivity index (χ1n) is 5.46. The summed E-state index contributed by atoms with van der Waals surface area (Å²) in [4.78, 5) is 0. The largest absolute Gasteiger partial charge is 0.318 e. The van der Waals surface area contributed by atoms with Crippen LogP contribution in [-0.4, -0.2) is 23.6 Å². The van der Waals surface area contributed by atoms with Crippen LogP contribution in [0.4, 0.5) is 0 Å². The minimum absolute atomic E-state index is 0.0541. The lowest BCUT2D eigenvalue weighted by Crippen LogP contribution is -1.97. The molecular weight excluding hydrogens is 247 g/mol. The quantitative estimate of drug-likeness (QED) is 0.340. The van der Waals surface area contributed by atoms with Gasteiger partial charge in [0.25, 0.3) is 6.57 Å². The molecule has 0 spiro atoms. The van der Waals surface area contributed by atoms with Crippen LogP contribution in [0.25, 0.3) is 0 Å². The molecule has 0 radical (unpaired) electrons. The first kappa shape index (κ1) is 15.9. The summed E-state index contributed by atoms with van der Waals surface area (Å²) in [6, 6.07) is 0. The first-order chi connectivity index (χ1) is 6.98. The van der Waals surface area contributed by atoms with E-state index in [1.54, 1.807) is 6.66 Å². The van der Waals surface area contributed by atoms with Crippen LogP contribution in [0.1, 0.15) is 40.0 Å². The minimum atomic E-state index is -2.41. The van der Waals surface area contributed by atoms with E-state index in [1.807, 2.05) is 25.6 Å². The first-order valence-corrected chi connectivity index (χ1v) is 10.3. The normalized spacial score (nSPS) is 15.5. The molecule has 0 aliphatic carbocycles. The molecular formula is C10H23O2PS2. The van der Waals surface area contributed by atoms with Crippen molar-refractivity contribution in [3.8, 4) is 0 Å². The zero-order valence-corrected chi connectivity index (χ0v) is 12.7. The van der Waals surface area contributed by atoms with Gasteiger partial charge in [-0.25, -0.2) is 0 Å². The molecule has 0 saturated carbocycles. The highest BCUT2D eigenvalue weighted by molar-refractivity contribution is 8.58. The van der Waals surface area contributed by atoms with Crippen molar-refractivity contribution in [1.82, 2.24) is 0 Å². The highest BCUT2D eigenvalue weighted by Gasteiger charge is 2.17. The van der Waals surface area contributed by atoms with Gasteiger partial charge in [0.15, 0.2) is 0 Å². The summed E-state index contributed by atoms with van der Waals surface area (Å²) in [5.41, 5.74) is 0. The summed E-state index contributed by atoms with van der Waals surface area (Å²) in [5.74, 6) is 1.17. The summed E-state index contributed by atoms with van der Waals surface area (Å²) in [5, 5.41) is 0.879. The monoisotopic (exact) mass is 270 g/mol. The average molecular weight is 270 g/mol. The van der Waals surface area contributed by atoms with Gasteiger partial charge in [0.05, 0.1) is 6.10 Å². The van der Waals surface area contributed by atoms with Crippen molar-refractivity contribution in [2.45, 2.75) is 46.1 Å². The maximum Gasteiger partial charge on any atom is 0.255 e. The molecule has 0 amide bonds. The lowest BCUT2D eigenvalue weighted by Gasteiger charge is -2.15. The second-order valence-electron chi connectivity index (χ2n) is 3.79. The van der Waals surface area contributed by atoms with Gasteiger partial charge in [-0.1, -0.05) is 31.1 Å². The van der Waals surface area contributed by atoms with E-state index in [9.17, 15) is 4.57 Å². The maximum absolute atomic E-state index is 11.8. The molecule has 0 heterocycles. The van der Waals surface area contributed by atoms with Gasteiger partial charge in [-0.2, -0.15) is 11.8 Å². The Hall–Kier alpha value is 0.890. The van der Waals surface area contributed by atoms with E-state index in [0.29, 0.717) is 0 Å². The molecule has 1 unspecified atom stereocenters. The predicted molar refractivity (Wildman–Crippen MR) is 74.2 cm³/mol. The van der Waals surface area contributed by atoms with Crippen LogP contribution in [-0.2, 0) is 9.09 Å². The number of unbranched alkanes of at least 4 members (excludes halogenated alkanes) is 2. The van der Waals surface area contributed by atoms with E-state index in [2.05, 4.69) is 6.92 Å². The van der Waals surface area contributed by atoms with Crippen LogP contribution in [0.3, 0.4) is 0 Å². The Balaban J connectivity index is 3.45. The van der Waals surface area contributed by atoms with Crippen LogP contribution < -0.4 is 0 Å². The topological polar surface area (TPSA) is 26.3 Å². The van der Waals surface area contributed by atoms with E-state index in [-0.39, 0.29) is 6.10 Å². The van der Waals surface area contributed by atoms with Crippen molar-refractivity contribution < 1.29 is 9.09 Å². The molecule has 1 atom stereocenters. The number of hydrogen-bond acceptors (Lipinski definition) is 4. The van der Waals surface area contributed by atoms with Gasteiger partial charge in [0, 0.05) is 11.7 Å². The molecule has 0 rings (SSSR count). The second kappa shape index (κ2) is 8.98. The smallest absolute Gasteiger partial charge is 0.255 e. The Morgan fingerprint density at radius 1 is 1.33 bits per heavy atom. The van der Waals surface area contributed by atoms with Gasteiger partial charge in [-0.15, -0.1) is 0 Å². The van der Waals surface area contributed by atoms with Gasteiger partial charge in [-0.3, -0.25) is 4.57 Å². The third-order valence-corrected chi connectivity index (χ3v) is 7.22. The van der Waals surface area contributed by atoms with E-state index >= 15 is 0 Å². The molecule has 0 aliphatic heterocycles. The maximum atomic E-state index is 11.8. The zero-order valence-electron chi connectivity index (χ0n) is 10.2. The Kier molecular flexibility index (Phi) is 9.51. The third-order valence-electron chi connectivity index (χ3n) is 1.67. The van der Waals surface area contributed by atoms with Gasteiger partial charge < -0.3 is 4.52 Å². The molecule has 15 heavy (non-hydrogen) atoms. The molecule has 2 nitrogen and oxygen atoms in total. The Morgan fingerprint density at radius 3 is 2.53 bits per heavy atom. The van der Waals surface area contributed by atoms with E-state index in [1.165, 1.54) is 36.4 Å². The molecule has 0 bridgehead atoms. The van der Waals surface area contributed by atoms with E-state index in [0.717, 1.165) is 5.08 Å². The van der Waals surface area contributed by atoms with Gasteiger partial charge in [0.1, 0.15) is 0 Å². The lowest BCUT2D eigenvalue weighted by atomic mass is 10.3. The number of hydrogen-bond donors (Lipinski definition) is 0. The SMILES string of the molecule is CCCCCSCSP(C)(=O)OC(C)C. The highest BCUT2D eigenvalue weighted by atomic mass is 32.7. The molecule has 0 N–H and O–H groups in total. The molecule has 92 valence electrons. The fraction of sp³-hybridized carbons (Fsp3) is 1.00. The van der Waals surface area contributed by atoms with Crippen LogP contribution in [0.2, 0.25) is 0 Å². The van der Waals surface area contributed by atoms with Crippen LogP contribution >= 0.6 is 29.7 Å². The Morgan fingerprint density at radius 2 is 2.00 bits per heavy atom. The van der Waals surface area contributed by atoms with Crippen LogP contribution in [0.5, 0.6) is 0 Å². The van der Waals surface area contributed by atoms with Crippen molar-refractivity contribution in [1.29, 1.82) is 0 Å². The molecule has 0 aromatic heterocycles. The van der Waals surface area contributed by atoms with Crippen molar-refractivity contribution in [2.75, 3.05) is 17.5 Å². The molecule has 0 aromatic rings. The second-order valence-corrected chi connectivity index (χ2v) is 10.3. The molecule has 0 aromatic carbocycles. The van der Waals surface area contributed by atoms with Crippen molar-refractivity contribution in [3.63, 3.8) is 0 Å². The fourth-order valence-electron chi connectivity index (χ4n) is 1.06. The summed E-state index contributed by atoms with van der Waals surface area (Å²) in [6.45, 7) is 5.35. The summed E-state index contributed by atoms with van der Waals surface area (Å²) < 4.78 is 17.2. The number of thioether (sulfide) groups is 1. The van der Waals surface area contributed by atoms with Gasteiger partial charge in [0.2, 0.25) is 0 Å². The predicted octanol–water partition coefficient (Wildman–Crippen LogP) is 4.85. The molecule has 0 aliphatic rings.